The Morgan fingerprint density at radius 3 is 0.744 bits per heavy atom. The van der Waals surface area contributed by atoms with Crippen LogP contribution in [0.15, 0.2) is 48.6 Å². The fourth-order valence-corrected chi connectivity index (χ4v) is 10.3. The molecule has 1 unspecified atom stereocenters. The lowest BCUT2D eigenvalue weighted by atomic mass is 10.0. The Kier molecular flexibility index (Phi) is 64.6. The van der Waals surface area contributed by atoms with Gasteiger partial charge in [0.1, 0.15) is 13.2 Å². The molecule has 6 nitrogen and oxygen atoms in total. The van der Waals surface area contributed by atoms with Crippen molar-refractivity contribution >= 4 is 17.9 Å². The predicted molar refractivity (Wildman–Crippen MR) is 339 cm³/mol. The molecule has 0 saturated carbocycles. The van der Waals surface area contributed by atoms with E-state index in [2.05, 4.69) is 69.4 Å². The number of esters is 3. The van der Waals surface area contributed by atoms with Crippen LogP contribution in [-0.4, -0.2) is 37.2 Å². The van der Waals surface area contributed by atoms with Gasteiger partial charge in [-0.15, -0.1) is 0 Å². The van der Waals surface area contributed by atoms with Gasteiger partial charge in [-0.3, -0.25) is 14.4 Å². The Morgan fingerprint density at radius 1 is 0.256 bits per heavy atom. The number of hydrogen-bond donors (Lipinski definition) is 0. The molecule has 456 valence electrons. The number of ether oxygens (including phenoxy) is 3. The fraction of sp³-hybridized carbons (Fsp3) is 0.847. The zero-order valence-corrected chi connectivity index (χ0v) is 52.5. The van der Waals surface area contributed by atoms with Crippen molar-refractivity contribution in [1.82, 2.24) is 0 Å². The van der Waals surface area contributed by atoms with Gasteiger partial charge in [0.15, 0.2) is 6.10 Å². The van der Waals surface area contributed by atoms with Gasteiger partial charge in [-0.2, -0.15) is 0 Å². The highest BCUT2D eigenvalue weighted by Gasteiger charge is 2.19. The van der Waals surface area contributed by atoms with Crippen molar-refractivity contribution < 1.29 is 28.6 Å². The SMILES string of the molecule is CCCCC/C=C\CCCCCCCC(=O)OCC(COC(=O)CCCCCCCCCCCCCCCCC/C=C\C/C=C\CCCCCCC)OC(=O)CCCCCCCCCCC/C=C\CCCCCCCCCC. The standard InChI is InChI=1S/C72H132O6/c1-4-7-10-13-16-19-22-25-27-29-31-33-34-35-36-37-38-40-41-43-45-47-50-53-56-59-62-65-71(74)77-68-69(67-76-70(73)64-61-58-55-52-49-24-21-18-15-12-9-6-3)78-72(75)66-63-60-57-54-51-48-46-44-42-39-32-30-28-26-23-20-17-14-11-8-5-2/h18,21-22,25,29-32,69H,4-17,19-20,23-24,26-28,33-68H2,1-3H3/b21-18-,25-22-,31-29-,32-30-. The second-order valence-corrected chi connectivity index (χ2v) is 23.4. The van der Waals surface area contributed by atoms with E-state index in [9.17, 15) is 14.4 Å². The van der Waals surface area contributed by atoms with Crippen molar-refractivity contribution in [2.45, 2.75) is 380 Å². The molecule has 0 amide bonds. The molecule has 0 spiro atoms. The molecule has 0 rings (SSSR count). The first-order valence-corrected chi connectivity index (χ1v) is 34.6. The lowest BCUT2D eigenvalue weighted by Crippen LogP contribution is -2.30. The van der Waals surface area contributed by atoms with Crippen molar-refractivity contribution in [2.24, 2.45) is 0 Å². The molecular weight excluding hydrogens is 961 g/mol. The highest BCUT2D eigenvalue weighted by Crippen LogP contribution is 2.18. The van der Waals surface area contributed by atoms with Crippen LogP contribution in [0, 0.1) is 0 Å². The zero-order chi connectivity index (χ0) is 56.4. The summed E-state index contributed by atoms with van der Waals surface area (Å²) >= 11 is 0. The third kappa shape index (κ3) is 64.2. The molecule has 0 radical (unpaired) electrons. The summed E-state index contributed by atoms with van der Waals surface area (Å²) in [5, 5.41) is 0. The van der Waals surface area contributed by atoms with Crippen LogP contribution < -0.4 is 0 Å². The minimum atomic E-state index is -0.777. The van der Waals surface area contributed by atoms with Gasteiger partial charge in [0, 0.05) is 19.3 Å². The number of rotatable bonds is 64. The first-order chi connectivity index (χ1) is 38.5. The topological polar surface area (TPSA) is 78.9 Å². The Bertz CT molecular complexity index is 1350. The average molecular weight is 1090 g/mol. The molecule has 6 heteroatoms. The highest BCUT2D eigenvalue weighted by atomic mass is 16.6. The minimum absolute atomic E-state index is 0.0733. The van der Waals surface area contributed by atoms with Gasteiger partial charge < -0.3 is 14.2 Å². The third-order valence-corrected chi connectivity index (χ3v) is 15.5. The monoisotopic (exact) mass is 1090 g/mol. The molecule has 0 heterocycles. The van der Waals surface area contributed by atoms with E-state index in [1.807, 2.05) is 0 Å². The Hall–Kier alpha value is -2.63. The van der Waals surface area contributed by atoms with Crippen molar-refractivity contribution in [3.8, 4) is 0 Å². The molecule has 0 saturated heterocycles. The highest BCUT2D eigenvalue weighted by molar-refractivity contribution is 5.71. The second-order valence-electron chi connectivity index (χ2n) is 23.4. The Balaban J connectivity index is 4.22. The lowest BCUT2D eigenvalue weighted by Gasteiger charge is -2.18. The van der Waals surface area contributed by atoms with Crippen molar-refractivity contribution in [3.63, 3.8) is 0 Å². The molecule has 0 fully saturated rings. The minimum Gasteiger partial charge on any atom is -0.462 e. The first-order valence-electron chi connectivity index (χ1n) is 34.6. The van der Waals surface area contributed by atoms with E-state index in [-0.39, 0.29) is 31.1 Å². The van der Waals surface area contributed by atoms with Crippen LogP contribution in [0.1, 0.15) is 374 Å². The van der Waals surface area contributed by atoms with Crippen LogP contribution in [-0.2, 0) is 28.6 Å². The molecule has 0 aromatic heterocycles. The molecule has 0 aliphatic carbocycles. The zero-order valence-electron chi connectivity index (χ0n) is 52.5. The molecule has 0 aliphatic heterocycles. The maximum Gasteiger partial charge on any atom is 0.306 e. The normalized spacial score (nSPS) is 12.3. The summed E-state index contributed by atoms with van der Waals surface area (Å²) in [7, 11) is 0. The van der Waals surface area contributed by atoms with Crippen LogP contribution in [0.25, 0.3) is 0 Å². The van der Waals surface area contributed by atoms with Gasteiger partial charge >= 0.3 is 17.9 Å². The molecule has 78 heavy (non-hydrogen) atoms. The van der Waals surface area contributed by atoms with Crippen molar-refractivity contribution in [3.05, 3.63) is 48.6 Å². The summed E-state index contributed by atoms with van der Waals surface area (Å²) in [5.41, 5.74) is 0. The van der Waals surface area contributed by atoms with Gasteiger partial charge in [-0.05, 0) is 103 Å². The molecule has 1 atom stereocenters. The van der Waals surface area contributed by atoms with E-state index in [4.69, 9.17) is 14.2 Å². The average Bonchev–Trinajstić information content (AvgIpc) is 3.44. The van der Waals surface area contributed by atoms with Gasteiger partial charge in [-0.25, -0.2) is 0 Å². The lowest BCUT2D eigenvalue weighted by molar-refractivity contribution is -0.167. The van der Waals surface area contributed by atoms with E-state index in [1.54, 1.807) is 0 Å². The summed E-state index contributed by atoms with van der Waals surface area (Å²) in [4.78, 5) is 38.4. The molecule has 0 N–H and O–H groups in total. The second kappa shape index (κ2) is 66.9. The number of hydrogen-bond acceptors (Lipinski definition) is 6. The number of carbonyl (C=O) groups excluding carboxylic acids is 3. The number of allylic oxidation sites excluding steroid dienone is 8. The van der Waals surface area contributed by atoms with Crippen molar-refractivity contribution in [2.75, 3.05) is 13.2 Å². The van der Waals surface area contributed by atoms with Crippen LogP contribution in [0.3, 0.4) is 0 Å². The number of unbranched alkanes of at least 4 members (excludes halogenated alkanes) is 45. The molecular formula is C72H132O6. The van der Waals surface area contributed by atoms with E-state index < -0.39 is 6.10 Å². The van der Waals surface area contributed by atoms with E-state index >= 15 is 0 Å². The van der Waals surface area contributed by atoms with E-state index in [0.717, 1.165) is 70.6 Å². The summed E-state index contributed by atoms with van der Waals surface area (Å²) in [6, 6.07) is 0. The third-order valence-electron chi connectivity index (χ3n) is 15.5. The first kappa shape index (κ1) is 75.4. The van der Waals surface area contributed by atoms with Crippen LogP contribution in [0.2, 0.25) is 0 Å². The quantitative estimate of drug-likeness (QED) is 0.0261. The van der Waals surface area contributed by atoms with Gasteiger partial charge in [0.05, 0.1) is 0 Å². The molecule has 0 aromatic carbocycles. The van der Waals surface area contributed by atoms with Gasteiger partial charge in [-0.1, -0.05) is 301 Å². The van der Waals surface area contributed by atoms with E-state index in [1.165, 1.54) is 263 Å². The summed E-state index contributed by atoms with van der Waals surface area (Å²) in [5.74, 6) is -0.862. The Labute approximate surface area is 486 Å². The number of carbonyl (C=O) groups is 3. The summed E-state index contributed by atoms with van der Waals surface area (Å²) in [6.45, 7) is 6.65. The predicted octanol–water partition coefficient (Wildman–Crippen LogP) is 23.7. The maximum absolute atomic E-state index is 12.9. The Morgan fingerprint density at radius 2 is 0.462 bits per heavy atom. The van der Waals surface area contributed by atoms with E-state index in [0.29, 0.717) is 19.3 Å². The molecule has 0 bridgehead atoms. The summed E-state index contributed by atoms with van der Waals surface area (Å²) in [6.07, 6.45) is 84.2. The molecule has 0 aliphatic rings. The molecule has 0 aromatic rings. The van der Waals surface area contributed by atoms with Crippen LogP contribution in [0.5, 0.6) is 0 Å². The van der Waals surface area contributed by atoms with Crippen LogP contribution >= 0.6 is 0 Å². The van der Waals surface area contributed by atoms with Crippen LogP contribution in [0.4, 0.5) is 0 Å². The largest absolute Gasteiger partial charge is 0.462 e. The van der Waals surface area contributed by atoms with Gasteiger partial charge in [0.2, 0.25) is 0 Å². The van der Waals surface area contributed by atoms with Gasteiger partial charge in [0.25, 0.3) is 0 Å². The fourth-order valence-electron chi connectivity index (χ4n) is 10.3. The smallest absolute Gasteiger partial charge is 0.306 e. The summed E-state index contributed by atoms with van der Waals surface area (Å²) < 4.78 is 17.0. The van der Waals surface area contributed by atoms with Crippen molar-refractivity contribution in [1.29, 1.82) is 0 Å². The maximum atomic E-state index is 12.9.